The summed E-state index contributed by atoms with van der Waals surface area (Å²) in [6, 6.07) is 13.7. The van der Waals surface area contributed by atoms with Crippen LogP contribution in [0.15, 0.2) is 42.5 Å². The van der Waals surface area contributed by atoms with Crippen LogP contribution in [0.2, 0.25) is 0 Å². The molecular weight excluding hydrogens is 390 g/mol. The number of nitrogens with zero attached hydrogens (tertiary/aromatic N) is 2. The Morgan fingerprint density at radius 2 is 1.94 bits per heavy atom. The van der Waals surface area contributed by atoms with Gasteiger partial charge in [-0.25, -0.2) is 4.98 Å². The van der Waals surface area contributed by atoms with Gasteiger partial charge in [-0.2, -0.15) is 0 Å². The van der Waals surface area contributed by atoms with Gasteiger partial charge < -0.3 is 15.6 Å². The summed E-state index contributed by atoms with van der Waals surface area (Å²) in [7, 11) is 1.43. The number of carbonyl (C=O) groups excluding carboxylic acids is 1. The number of anilines is 1. The fourth-order valence-corrected chi connectivity index (χ4v) is 4.33. The van der Waals surface area contributed by atoms with Crippen molar-refractivity contribution in [1.82, 2.24) is 4.98 Å². The van der Waals surface area contributed by atoms with E-state index >= 15 is 0 Å². The van der Waals surface area contributed by atoms with Crippen LogP contribution < -0.4 is 10.6 Å². The van der Waals surface area contributed by atoms with Gasteiger partial charge in [0.15, 0.2) is 6.10 Å². The normalized spacial score (nSPS) is 22.8. The van der Waals surface area contributed by atoms with Crippen molar-refractivity contribution in [2.45, 2.75) is 56.3 Å². The smallest absolute Gasteiger partial charge is 0.260 e. The van der Waals surface area contributed by atoms with Crippen LogP contribution in [0.3, 0.4) is 0 Å². The summed E-state index contributed by atoms with van der Waals surface area (Å²) in [5.41, 5.74) is 8.79. The minimum Gasteiger partial charge on any atom is -0.388 e. The number of hydrogen-bond acceptors (Lipinski definition) is 5. The summed E-state index contributed by atoms with van der Waals surface area (Å²) in [6.07, 6.45) is 4.12. The highest BCUT2D eigenvalue weighted by Crippen LogP contribution is 2.26. The zero-order chi connectivity index (χ0) is 21.8. The van der Waals surface area contributed by atoms with Crippen LogP contribution in [0.4, 0.5) is 5.82 Å². The number of ether oxygens (including phenoxy) is 1. The molecule has 4 rings (SSSR count). The quantitative estimate of drug-likeness (QED) is 0.743. The number of methoxy groups -OCH3 is 1. The second kappa shape index (κ2) is 9.19. The Morgan fingerprint density at radius 1 is 1.19 bits per heavy atom. The fourth-order valence-electron chi connectivity index (χ4n) is 4.33. The molecule has 2 heterocycles. The maximum Gasteiger partial charge on any atom is 0.260 e. The fraction of sp³-hybridized carbons (Fsp3) is 0.440. The van der Waals surface area contributed by atoms with Gasteiger partial charge in [0, 0.05) is 19.1 Å². The molecule has 1 saturated carbocycles. The summed E-state index contributed by atoms with van der Waals surface area (Å²) in [6.45, 7) is 0.159. The third-order valence-electron chi connectivity index (χ3n) is 6.12. The Balaban J connectivity index is 1.68. The third-order valence-corrected chi connectivity index (χ3v) is 6.12. The topological polar surface area (TPSA) is 88.7 Å². The number of amides is 1. The monoisotopic (exact) mass is 419 g/mol. The molecule has 6 nitrogen and oxygen atoms in total. The molecule has 31 heavy (non-hydrogen) atoms. The summed E-state index contributed by atoms with van der Waals surface area (Å²) < 4.78 is 5.15. The number of carbonyl (C=O) groups is 1. The molecule has 2 atom stereocenters. The van der Waals surface area contributed by atoms with Crippen LogP contribution in [0.1, 0.15) is 48.9 Å². The predicted molar refractivity (Wildman–Crippen MR) is 120 cm³/mol. The van der Waals surface area contributed by atoms with E-state index in [0.717, 1.165) is 42.5 Å². The van der Waals surface area contributed by atoms with Crippen LogP contribution in [0.25, 0.3) is 0 Å². The summed E-state index contributed by atoms with van der Waals surface area (Å²) >= 11 is 0. The van der Waals surface area contributed by atoms with Crippen molar-refractivity contribution in [1.29, 1.82) is 0 Å². The average molecular weight is 420 g/mol. The molecule has 162 valence electrons. The summed E-state index contributed by atoms with van der Waals surface area (Å²) in [4.78, 5) is 18.9. The first kappa shape index (κ1) is 21.5. The van der Waals surface area contributed by atoms with Crippen molar-refractivity contribution < 1.29 is 14.6 Å². The van der Waals surface area contributed by atoms with Gasteiger partial charge in [0.25, 0.3) is 5.91 Å². The lowest BCUT2D eigenvalue weighted by atomic mass is 9.83. The number of β-amino-alcohol motifs (C(OH)–C–C–N with tert-alkyl or cyclic N) is 1. The standard InChI is InChI=1S/C25H29N3O3/c1-31-23-21(29)17-28(24(23)30)22-11-10-19(12-15-25(26)13-6-3-7-14-25)20(27-22)16-18-8-4-2-5-9-18/h2,4-5,8-11,21,23,29H,3,6-7,13-14,16-17,26H2,1H3/t21-,23-/m1/s1. The Kier molecular flexibility index (Phi) is 6.38. The maximum absolute atomic E-state index is 12.6. The van der Waals surface area contributed by atoms with Crippen LogP contribution >= 0.6 is 0 Å². The molecule has 0 radical (unpaired) electrons. The molecule has 2 fully saturated rings. The van der Waals surface area contributed by atoms with Crippen molar-refractivity contribution in [3.8, 4) is 11.8 Å². The predicted octanol–water partition coefficient (Wildman–Crippen LogP) is 2.41. The molecule has 1 aliphatic heterocycles. The summed E-state index contributed by atoms with van der Waals surface area (Å²) in [5, 5.41) is 10.2. The van der Waals surface area contributed by atoms with Gasteiger partial charge in [-0.1, -0.05) is 61.4 Å². The zero-order valence-electron chi connectivity index (χ0n) is 17.9. The van der Waals surface area contributed by atoms with Crippen molar-refractivity contribution in [2.24, 2.45) is 5.73 Å². The van der Waals surface area contributed by atoms with E-state index in [9.17, 15) is 9.90 Å². The van der Waals surface area contributed by atoms with Gasteiger partial charge >= 0.3 is 0 Å². The van der Waals surface area contributed by atoms with Crippen LogP contribution in [0.5, 0.6) is 0 Å². The summed E-state index contributed by atoms with van der Waals surface area (Å²) in [5.74, 6) is 6.81. The van der Waals surface area contributed by atoms with E-state index < -0.39 is 17.7 Å². The number of aliphatic hydroxyl groups is 1. The van der Waals surface area contributed by atoms with Gasteiger partial charge in [-0.05, 0) is 30.5 Å². The molecule has 0 unspecified atom stereocenters. The maximum atomic E-state index is 12.6. The molecule has 2 aliphatic rings. The Bertz CT molecular complexity index is 990. The molecule has 0 bridgehead atoms. The molecular formula is C25H29N3O3. The molecule has 1 amide bonds. The lowest BCUT2D eigenvalue weighted by Gasteiger charge is -2.27. The lowest BCUT2D eigenvalue weighted by molar-refractivity contribution is -0.128. The van der Waals surface area contributed by atoms with E-state index in [0.29, 0.717) is 12.2 Å². The minimum absolute atomic E-state index is 0.159. The van der Waals surface area contributed by atoms with E-state index in [1.165, 1.54) is 18.4 Å². The van der Waals surface area contributed by atoms with Gasteiger partial charge in [0.05, 0.1) is 17.8 Å². The first-order chi connectivity index (χ1) is 15.0. The van der Waals surface area contributed by atoms with Gasteiger partial charge in [0.2, 0.25) is 0 Å². The Hall–Kier alpha value is -2.72. The number of pyridine rings is 1. The zero-order valence-corrected chi connectivity index (χ0v) is 17.9. The molecule has 1 aromatic carbocycles. The number of aliphatic hydroxyl groups excluding tert-OH is 1. The van der Waals surface area contributed by atoms with Crippen molar-refractivity contribution in [3.05, 3.63) is 59.3 Å². The number of benzene rings is 1. The van der Waals surface area contributed by atoms with Gasteiger partial charge in [-0.15, -0.1) is 0 Å². The van der Waals surface area contributed by atoms with Crippen molar-refractivity contribution in [3.63, 3.8) is 0 Å². The highest BCUT2D eigenvalue weighted by molar-refractivity contribution is 5.98. The molecule has 0 spiro atoms. The first-order valence-electron chi connectivity index (χ1n) is 10.9. The number of aromatic nitrogens is 1. The van der Waals surface area contributed by atoms with E-state index in [4.69, 9.17) is 15.5 Å². The second-order valence-electron chi connectivity index (χ2n) is 8.47. The van der Waals surface area contributed by atoms with Gasteiger partial charge in [-0.3, -0.25) is 9.69 Å². The molecule has 1 aliphatic carbocycles. The van der Waals surface area contributed by atoms with Crippen molar-refractivity contribution in [2.75, 3.05) is 18.6 Å². The van der Waals surface area contributed by atoms with E-state index in [1.807, 2.05) is 36.4 Å². The van der Waals surface area contributed by atoms with E-state index in [2.05, 4.69) is 11.8 Å². The van der Waals surface area contributed by atoms with Crippen molar-refractivity contribution >= 4 is 11.7 Å². The minimum atomic E-state index is -0.875. The van der Waals surface area contributed by atoms with Crippen LogP contribution in [-0.2, 0) is 16.0 Å². The Morgan fingerprint density at radius 3 is 2.61 bits per heavy atom. The van der Waals surface area contributed by atoms with E-state index in [-0.39, 0.29) is 12.5 Å². The largest absolute Gasteiger partial charge is 0.388 e. The molecule has 1 aromatic heterocycles. The number of hydrogen-bond donors (Lipinski definition) is 2. The molecule has 3 N–H and O–H groups in total. The van der Waals surface area contributed by atoms with Crippen LogP contribution in [-0.4, -0.2) is 47.4 Å². The highest BCUT2D eigenvalue weighted by Gasteiger charge is 2.41. The van der Waals surface area contributed by atoms with Gasteiger partial charge in [0.1, 0.15) is 11.9 Å². The molecule has 1 saturated heterocycles. The average Bonchev–Trinajstić information content (AvgIpc) is 3.07. The molecule has 2 aromatic rings. The number of nitrogens with two attached hydrogens (primary N) is 1. The lowest BCUT2D eigenvalue weighted by Crippen LogP contribution is -2.40. The molecule has 6 heteroatoms. The first-order valence-corrected chi connectivity index (χ1v) is 10.9. The SMILES string of the molecule is CO[C@H]1C(=O)N(c2ccc(C#CC3(N)CCCCC3)c(Cc3ccccc3)n2)C[C@H]1O. The third kappa shape index (κ3) is 4.80. The second-order valence-corrected chi connectivity index (χ2v) is 8.47. The Labute approximate surface area is 183 Å². The highest BCUT2D eigenvalue weighted by atomic mass is 16.5. The van der Waals surface area contributed by atoms with Crippen LogP contribution in [0, 0.1) is 11.8 Å². The van der Waals surface area contributed by atoms with E-state index in [1.54, 1.807) is 6.07 Å². The number of rotatable bonds is 4.